The molecule has 2 aliphatic rings. The number of carbonyl (C=O) groups excluding carboxylic acids is 1. The average Bonchev–Trinajstić information content (AvgIpc) is 3.50. The summed E-state index contributed by atoms with van der Waals surface area (Å²) in [6.45, 7) is 6.39. The molecule has 0 N–H and O–H groups in total. The van der Waals surface area contributed by atoms with E-state index in [1.54, 1.807) is 18.2 Å². The quantitative estimate of drug-likeness (QED) is 0.220. The lowest BCUT2D eigenvalue weighted by atomic mass is 9.92. The molecule has 0 spiro atoms. The van der Waals surface area contributed by atoms with Gasteiger partial charge in [-0.3, -0.25) is 4.90 Å². The predicted octanol–water partition coefficient (Wildman–Crippen LogP) is 5.92. The maximum atomic E-state index is 14.8. The Labute approximate surface area is 247 Å². The molecule has 0 amide bonds. The molecule has 2 atom stereocenters. The van der Waals surface area contributed by atoms with Crippen molar-refractivity contribution in [1.82, 2.24) is 24.0 Å². The SMILES string of the molecule is COC(=O)c1ccc2nc(CN3CCn4c(nc5c([C@@H](C)c6ccc(Cl)cc6F)cccc54)C3)n(C[C@@H]3CCO3)c2c1. The average molecular weight is 588 g/mol. The van der Waals surface area contributed by atoms with Gasteiger partial charge in [0.15, 0.2) is 0 Å². The Kier molecular flexibility index (Phi) is 6.96. The van der Waals surface area contributed by atoms with Gasteiger partial charge >= 0.3 is 5.97 Å². The van der Waals surface area contributed by atoms with Crippen LogP contribution in [-0.2, 0) is 35.7 Å². The zero-order valence-corrected chi connectivity index (χ0v) is 24.3. The summed E-state index contributed by atoms with van der Waals surface area (Å²) in [5.41, 5.74) is 5.81. The van der Waals surface area contributed by atoms with Gasteiger partial charge in [-0.15, -0.1) is 0 Å². The number of ether oxygens (including phenoxy) is 2. The van der Waals surface area contributed by atoms with Crippen molar-refractivity contribution in [3.05, 3.63) is 93.8 Å². The van der Waals surface area contributed by atoms with E-state index in [-0.39, 0.29) is 23.8 Å². The summed E-state index contributed by atoms with van der Waals surface area (Å²) in [4.78, 5) is 24.6. The topological polar surface area (TPSA) is 74.4 Å². The van der Waals surface area contributed by atoms with Gasteiger partial charge in [0.2, 0.25) is 0 Å². The summed E-state index contributed by atoms with van der Waals surface area (Å²) in [6, 6.07) is 16.5. The Morgan fingerprint density at radius 3 is 2.74 bits per heavy atom. The Balaban J connectivity index is 1.19. The third kappa shape index (κ3) is 4.75. The summed E-state index contributed by atoms with van der Waals surface area (Å²) in [6.07, 6.45) is 1.14. The number of halogens is 2. The smallest absolute Gasteiger partial charge is 0.337 e. The molecule has 42 heavy (non-hydrogen) atoms. The monoisotopic (exact) mass is 587 g/mol. The number of para-hydroxylation sites is 1. The molecule has 8 nitrogen and oxygen atoms in total. The van der Waals surface area contributed by atoms with Crippen LogP contribution in [0.5, 0.6) is 0 Å². The fourth-order valence-corrected chi connectivity index (χ4v) is 6.34. The molecule has 1 saturated heterocycles. The third-order valence-electron chi connectivity index (χ3n) is 8.58. The second kappa shape index (κ2) is 10.8. The number of aromatic nitrogens is 4. The van der Waals surface area contributed by atoms with Crippen molar-refractivity contribution in [1.29, 1.82) is 0 Å². The standard InChI is InChI=1S/C32H31ClFN5O3/c1-19(23-8-7-21(33)15-25(23)34)24-4-3-5-27-31(24)36-30-18-37(11-12-38(27)30)17-29-35-26-9-6-20(32(40)41-2)14-28(26)39(29)16-22-10-13-42-22/h3-9,14-15,19,22H,10-13,16-18H2,1-2H3/t19-,22-/m0/s1. The van der Waals surface area contributed by atoms with Gasteiger partial charge in [0.25, 0.3) is 0 Å². The normalized spacial score (nSPS) is 17.8. The van der Waals surface area contributed by atoms with E-state index in [1.165, 1.54) is 13.2 Å². The molecule has 10 heteroatoms. The van der Waals surface area contributed by atoms with E-state index >= 15 is 0 Å². The highest BCUT2D eigenvalue weighted by molar-refractivity contribution is 6.30. The summed E-state index contributed by atoms with van der Waals surface area (Å²) in [5.74, 6) is 1.05. The first-order chi connectivity index (χ1) is 20.4. The molecular weight excluding hydrogens is 557 g/mol. The minimum Gasteiger partial charge on any atom is -0.465 e. The van der Waals surface area contributed by atoms with Gasteiger partial charge in [-0.2, -0.15) is 0 Å². The predicted molar refractivity (Wildman–Crippen MR) is 158 cm³/mol. The Morgan fingerprint density at radius 1 is 1.12 bits per heavy atom. The second-order valence-corrected chi connectivity index (χ2v) is 11.5. The van der Waals surface area contributed by atoms with Crippen LogP contribution in [-0.4, -0.2) is 56.3 Å². The first kappa shape index (κ1) is 27.1. The maximum absolute atomic E-state index is 14.8. The minimum absolute atomic E-state index is 0.138. The molecule has 216 valence electrons. The first-order valence-corrected chi connectivity index (χ1v) is 14.6. The van der Waals surface area contributed by atoms with E-state index in [9.17, 15) is 9.18 Å². The summed E-state index contributed by atoms with van der Waals surface area (Å²) in [5, 5.41) is 0.386. The zero-order valence-electron chi connectivity index (χ0n) is 23.5. The van der Waals surface area contributed by atoms with Gasteiger partial charge in [0.1, 0.15) is 17.5 Å². The van der Waals surface area contributed by atoms with E-state index in [1.807, 2.05) is 31.2 Å². The van der Waals surface area contributed by atoms with E-state index in [2.05, 4.69) is 20.1 Å². The second-order valence-electron chi connectivity index (χ2n) is 11.1. The van der Waals surface area contributed by atoms with Crippen molar-refractivity contribution in [3.8, 4) is 0 Å². The molecule has 4 heterocycles. The Hall–Kier alpha value is -3.79. The largest absolute Gasteiger partial charge is 0.465 e. The highest BCUT2D eigenvalue weighted by Crippen LogP contribution is 2.34. The van der Waals surface area contributed by atoms with Crippen LogP contribution in [0.1, 0.15) is 52.4 Å². The van der Waals surface area contributed by atoms with Gasteiger partial charge in [-0.25, -0.2) is 19.2 Å². The van der Waals surface area contributed by atoms with Crippen molar-refractivity contribution >= 4 is 39.6 Å². The van der Waals surface area contributed by atoms with E-state index in [4.69, 9.17) is 31.0 Å². The number of imidazole rings is 2. The van der Waals surface area contributed by atoms with Crippen molar-refractivity contribution in [2.75, 3.05) is 20.3 Å². The molecular formula is C32H31ClFN5O3. The summed E-state index contributed by atoms with van der Waals surface area (Å²) in [7, 11) is 1.39. The molecule has 2 aromatic heterocycles. The van der Waals surface area contributed by atoms with Crippen LogP contribution >= 0.6 is 11.6 Å². The Morgan fingerprint density at radius 2 is 1.98 bits per heavy atom. The maximum Gasteiger partial charge on any atom is 0.337 e. The minimum atomic E-state index is -0.367. The van der Waals surface area contributed by atoms with E-state index in [0.29, 0.717) is 35.8 Å². The van der Waals surface area contributed by atoms with Gasteiger partial charge < -0.3 is 18.6 Å². The fourth-order valence-electron chi connectivity index (χ4n) is 6.19. The molecule has 3 aromatic carbocycles. The molecule has 0 radical (unpaired) electrons. The van der Waals surface area contributed by atoms with Crippen molar-refractivity contribution < 1.29 is 18.7 Å². The lowest BCUT2D eigenvalue weighted by molar-refractivity contribution is -0.0592. The van der Waals surface area contributed by atoms with E-state index in [0.717, 1.165) is 65.4 Å². The molecule has 0 saturated carbocycles. The van der Waals surface area contributed by atoms with Crippen LogP contribution in [0, 0.1) is 5.82 Å². The van der Waals surface area contributed by atoms with E-state index < -0.39 is 0 Å². The van der Waals surface area contributed by atoms with Crippen LogP contribution in [0.15, 0.2) is 54.6 Å². The van der Waals surface area contributed by atoms with Gasteiger partial charge in [-0.1, -0.05) is 36.7 Å². The molecule has 2 aliphatic heterocycles. The third-order valence-corrected chi connectivity index (χ3v) is 8.82. The van der Waals surface area contributed by atoms with Gasteiger partial charge in [0, 0.05) is 30.6 Å². The van der Waals surface area contributed by atoms with Crippen LogP contribution in [0.2, 0.25) is 5.02 Å². The number of hydrogen-bond acceptors (Lipinski definition) is 6. The Bertz CT molecular complexity index is 1830. The molecule has 7 rings (SSSR count). The molecule has 0 bridgehead atoms. The van der Waals surface area contributed by atoms with Crippen LogP contribution in [0.25, 0.3) is 22.1 Å². The zero-order chi connectivity index (χ0) is 29.0. The number of rotatable bonds is 7. The van der Waals surface area contributed by atoms with Gasteiger partial charge in [-0.05, 0) is 53.9 Å². The number of benzene rings is 3. The highest BCUT2D eigenvalue weighted by atomic mass is 35.5. The number of methoxy groups -OCH3 is 1. The number of fused-ring (bicyclic) bond motifs is 4. The number of carbonyl (C=O) groups is 1. The summed E-state index contributed by atoms with van der Waals surface area (Å²) < 4.78 is 30.0. The van der Waals surface area contributed by atoms with Gasteiger partial charge in [0.05, 0.1) is 60.5 Å². The van der Waals surface area contributed by atoms with Crippen LogP contribution in [0.4, 0.5) is 4.39 Å². The summed E-state index contributed by atoms with van der Waals surface area (Å²) >= 11 is 6.01. The van der Waals surface area contributed by atoms with Crippen LogP contribution < -0.4 is 0 Å². The molecule has 1 fully saturated rings. The highest BCUT2D eigenvalue weighted by Gasteiger charge is 2.27. The number of nitrogens with zero attached hydrogens (tertiary/aromatic N) is 5. The van der Waals surface area contributed by atoms with Crippen molar-refractivity contribution in [2.45, 2.75) is 51.5 Å². The fraction of sp³-hybridized carbons (Fsp3) is 0.344. The molecule has 0 unspecified atom stereocenters. The van der Waals surface area contributed by atoms with Crippen molar-refractivity contribution in [2.24, 2.45) is 0 Å². The lowest BCUT2D eigenvalue weighted by Crippen LogP contribution is -2.35. The van der Waals surface area contributed by atoms with Crippen LogP contribution in [0.3, 0.4) is 0 Å². The number of hydrogen-bond donors (Lipinski definition) is 0. The lowest BCUT2D eigenvalue weighted by Gasteiger charge is -2.30. The molecule has 5 aromatic rings. The first-order valence-electron chi connectivity index (χ1n) is 14.2. The van der Waals surface area contributed by atoms with Crippen molar-refractivity contribution in [3.63, 3.8) is 0 Å². The molecule has 0 aliphatic carbocycles. The number of esters is 1.